The number of hydrogen-bond acceptors (Lipinski definition) is 4. The largest absolute Gasteiger partial charge is 0.480 e. The molecule has 1 aliphatic heterocycles. The van der Waals surface area contributed by atoms with Crippen LogP contribution < -0.4 is 5.32 Å². The molecule has 2 N–H and O–H groups in total. The first kappa shape index (κ1) is 21.4. The molecule has 0 bridgehead atoms. The van der Waals surface area contributed by atoms with Crippen LogP contribution in [0, 0.1) is 0 Å². The number of carboxylic acids is 1. The smallest absolute Gasteiger partial charge is 0.329 e. The van der Waals surface area contributed by atoms with Gasteiger partial charge in [-0.3, -0.25) is 4.79 Å². The van der Waals surface area contributed by atoms with Crippen LogP contribution in [0.4, 0.5) is 0 Å². The van der Waals surface area contributed by atoms with Crippen molar-refractivity contribution in [3.63, 3.8) is 0 Å². The van der Waals surface area contributed by atoms with Crippen LogP contribution in [-0.2, 0) is 26.0 Å². The lowest BCUT2D eigenvalue weighted by Gasteiger charge is -2.26. The summed E-state index contributed by atoms with van der Waals surface area (Å²) in [5, 5.41) is 11.9. The van der Waals surface area contributed by atoms with E-state index in [4.69, 9.17) is 0 Å². The number of hydrogen-bond donors (Lipinski definition) is 2. The summed E-state index contributed by atoms with van der Waals surface area (Å²) in [6.07, 6.45) is 3.76. The van der Waals surface area contributed by atoms with Crippen LogP contribution in [-0.4, -0.2) is 48.3 Å². The predicted molar refractivity (Wildman–Crippen MR) is 102 cm³/mol. The summed E-state index contributed by atoms with van der Waals surface area (Å²) in [6, 6.07) is 6.23. The summed E-state index contributed by atoms with van der Waals surface area (Å²) in [4.78, 5) is 23.9. The van der Waals surface area contributed by atoms with E-state index in [-0.39, 0.29) is 11.3 Å². The minimum Gasteiger partial charge on any atom is -0.480 e. The Morgan fingerprint density at radius 1 is 1.15 bits per heavy atom. The zero-order chi connectivity index (χ0) is 20.1. The number of sulfonamides is 1. The topological polar surface area (TPSA) is 104 Å². The molecule has 1 amide bonds. The maximum absolute atomic E-state index is 12.6. The molecule has 1 saturated heterocycles. The lowest BCUT2D eigenvalue weighted by Crippen LogP contribution is -2.52. The Labute approximate surface area is 160 Å². The molecule has 1 atom stereocenters. The minimum atomic E-state index is -3.50. The van der Waals surface area contributed by atoms with Gasteiger partial charge in [0.05, 0.1) is 11.3 Å². The standard InChI is InChI=1S/C19H28N2O5S/c1-3-11-19(2,18(23)24)20-17(22)14-15-7-9-16(10-8-15)27(25,26)21-12-5-4-6-13-21/h7-10H,3-6,11-14H2,1-2H3,(H,20,22)(H,23,24). The Bertz CT molecular complexity index is 770. The second-order valence-corrected chi connectivity index (χ2v) is 9.16. The summed E-state index contributed by atoms with van der Waals surface area (Å²) in [6.45, 7) is 4.43. The molecular formula is C19H28N2O5S. The van der Waals surface area contributed by atoms with Crippen molar-refractivity contribution in [3.05, 3.63) is 29.8 Å². The number of benzene rings is 1. The summed E-state index contributed by atoms with van der Waals surface area (Å²) in [7, 11) is -3.50. The third kappa shape index (κ3) is 5.29. The first-order valence-corrected chi connectivity index (χ1v) is 10.8. The molecule has 8 heteroatoms. The Balaban J connectivity index is 2.04. The highest BCUT2D eigenvalue weighted by atomic mass is 32.2. The van der Waals surface area contributed by atoms with Gasteiger partial charge in [-0.25, -0.2) is 13.2 Å². The number of aliphatic carboxylic acids is 1. The summed E-state index contributed by atoms with van der Waals surface area (Å²) >= 11 is 0. The zero-order valence-electron chi connectivity index (χ0n) is 15.9. The molecule has 2 rings (SSSR count). The summed E-state index contributed by atoms with van der Waals surface area (Å²) < 4.78 is 26.8. The van der Waals surface area contributed by atoms with Crippen LogP contribution in [0.3, 0.4) is 0 Å². The van der Waals surface area contributed by atoms with Crippen molar-refractivity contribution < 1.29 is 23.1 Å². The monoisotopic (exact) mass is 396 g/mol. The number of carbonyl (C=O) groups excluding carboxylic acids is 1. The molecule has 1 fully saturated rings. The van der Waals surface area contributed by atoms with Crippen molar-refractivity contribution in [2.75, 3.05) is 13.1 Å². The fourth-order valence-corrected chi connectivity index (χ4v) is 4.81. The van der Waals surface area contributed by atoms with Crippen LogP contribution in [0.2, 0.25) is 0 Å². The first-order valence-electron chi connectivity index (χ1n) is 9.32. The van der Waals surface area contributed by atoms with Gasteiger partial charge in [0.2, 0.25) is 15.9 Å². The van der Waals surface area contributed by atoms with Crippen molar-refractivity contribution in [2.45, 2.75) is 62.8 Å². The number of nitrogens with zero attached hydrogens (tertiary/aromatic N) is 1. The van der Waals surface area contributed by atoms with Gasteiger partial charge in [-0.05, 0) is 43.9 Å². The van der Waals surface area contributed by atoms with E-state index < -0.39 is 27.4 Å². The van der Waals surface area contributed by atoms with Crippen molar-refractivity contribution in [1.82, 2.24) is 9.62 Å². The Hall–Kier alpha value is -1.93. The molecule has 1 heterocycles. The number of carboxylic acid groups (broad SMARTS) is 1. The first-order chi connectivity index (χ1) is 12.7. The van der Waals surface area contributed by atoms with Crippen molar-refractivity contribution in [1.29, 1.82) is 0 Å². The number of rotatable bonds is 8. The van der Waals surface area contributed by atoms with Crippen molar-refractivity contribution in [2.24, 2.45) is 0 Å². The van der Waals surface area contributed by atoms with Crippen LogP contribution >= 0.6 is 0 Å². The Kier molecular flexibility index (Phi) is 7.00. The van der Waals surface area contributed by atoms with Crippen LogP contribution in [0.25, 0.3) is 0 Å². The Morgan fingerprint density at radius 2 is 1.74 bits per heavy atom. The van der Waals surface area contributed by atoms with Gasteiger partial charge in [0, 0.05) is 13.1 Å². The third-order valence-electron chi connectivity index (χ3n) is 4.88. The number of carbonyl (C=O) groups is 2. The van der Waals surface area contributed by atoms with E-state index in [2.05, 4.69) is 5.32 Å². The van der Waals surface area contributed by atoms with Crippen LogP contribution in [0.1, 0.15) is 51.5 Å². The molecule has 1 unspecified atom stereocenters. The lowest BCUT2D eigenvalue weighted by atomic mass is 9.96. The molecule has 1 aliphatic rings. The van der Waals surface area contributed by atoms with Crippen molar-refractivity contribution >= 4 is 21.9 Å². The Morgan fingerprint density at radius 3 is 2.26 bits per heavy atom. The van der Waals surface area contributed by atoms with E-state index in [1.807, 2.05) is 6.92 Å². The van der Waals surface area contributed by atoms with Gasteiger partial charge in [-0.15, -0.1) is 0 Å². The molecule has 0 spiro atoms. The number of nitrogens with one attached hydrogen (secondary N) is 1. The molecule has 1 aromatic carbocycles. The van der Waals surface area contributed by atoms with Crippen LogP contribution in [0.5, 0.6) is 0 Å². The van der Waals surface area contributed by atoms with Crippen molar-refractivity contribution in [3.8, 4) is 0 Å². The van der Waals surface area contributed by atoms with Gasteiger partial charge < -0.3 is 10.4 Å². The van der Waals surface area contributed by atoms with Gasteiger partial charge in [0.15, 0.2) is 0 Å². The molecule has 0 saturated carbocycles. The van der Waals surface area contributed by atoms with E-state index in [1.165, 1.54) is 23.4 Å². The van der Waals surface area contributed by atoms with E-state index >= 15 is 0 Å². The maximum Gasteiger partial charge on any atom is 0.329 e. The highest BCUT2D eigenvalue weighted by Gasteiger charge is 2.33. The molecular weight excluding hydrogens is 368 g/mol. The van der Waals surface area contributed by atoms with E-state index in [0.717, 1.165) is 19.3 Å². The van der Waals surface area contributed by atoms with Gasteiger partial charge >= 0.3 is 5.97 Å². The lowest BCUT2D eigenvalue weighted by molar-refractivity contribution is -0.147. The summed E-state index contributed by atoms with van der Waals surface area (Å²) in [5.41, 5.74) is -0.669. The highest BCUT2D eigenvalue weighted by molar-refractivity contribution is 7.89. The fraction of sp³-hybridized carbons (Fsp3) is 0.579. The van der Waals surface area contributed by atoms with Gasteiger partial charge in [0.25, 0.3) is 0 Å². The minimum absolute atomic E-state index is 0.00335. The summed E-state index contributed by atoms with van der Waals surface area (Å²) in [5.74, 6) is -1.47. The fourth-order valence-electron chi connectivity index (χ4n) is 3.29. The van der Waals surface area contributed by atoms with Crippen LogP contribution in [0.15, 0.2) is 29.2 Å². The second-order valence-electron chi connectivity index (χ2n) is 7.22. The number of piperidine rings is 1. The molecule has 1 aromatic rings. The molecule has 0 radical (unpaired) electrons. The molecule has 7 nitrogen and oxygen atoms in total. The molecule has 27 heavy (non-hydrogen) atoms. The van der Waals surface area contributed by atoms with E-state index in [0.29, 0.717) is 31.5 Å². The molecule has 150 valence electrons. The quantitative estimate of drug-likeness (QED) is 0.701. The molecule has 0 aliphatic carbocycles. The average Bonchev–Trinajstić information content (AvgIpc) is 2.63. The average molecular weight is 397 g/mol. The van der Waals surface area contributed by atoms with Gasteiger partial charge in [-0.1, -0.05) is 31.9 Å². The predicted octanol–water partition coefficient (Wildman–Crippen LogP) is 2.16. The zero-order valence-corrected chi connectivity index (χ0v) is 16.7. The number of amides is 1. The van der Waals surface area contributed by atoms with E-state index in [1.54, 1.807) is 12.1 Å². The normalized spacial score (nSPS) is 17.9. The third-order valence-corrected chi connectivity index (χ3v) is 6.79. The van der Waals surface area contributed by atoms with Gasteiger partial charge in [0.1, 0.15) is 5.54 Å². The SMILES string of the molecule is CCCC(C)(NC(=O)Cc1ccc(S(=O)(=O)N2CCCCC2)cc1)C(=O)O. The maximum atomic E-state index is 12.6. The molecule has 0 aromatic heterocycles. The highest BCUT2D eigenvalue weighted by Crippen LogP contribution is 2.21. The van der Waals surface area contributed by atoms with E-state index in [9.17, 15) is 23.1 Å². The second kappa shape index (κ2) is 8.84. The van der Waals surface area contributed by atoms with Gasteiger partial charge in [-0.2, -0.15) is 4.31 Å².